The predicted molar refractivity (Wildman–Crippen MR) is 83.6 cm³/mol. The van der Waals surface area contributed by atoms with Crippen LogP contribution in [0.15, 0.2) is 48.7 Å². The van der Waals surface area contributed by atoms with Crippen molar-refractivity contribution >= 4 is 0 Å². The molecule has 0 aromatic carbocycles. The lowest BCUT2D eigenvalue weighted by atomic mass is 10.1. The summed E-state index contributed by atoms with van der Waals surface area (Å²) in [6.07, 6.45) is 19.0. The van der Waals surface area contributed by atoms with E-state index >= 15 is 0 Å². The summed E-state index contributed by atoms with van der Waals surface area (Å²) in [5.74, 6) is 0. The van der Waals surface area contributed by atoms with Gasteiger partial charge in [-0.15, -0.1) is 0 Å². The molecule has 1 N–H and O–H groups in total. The van der Waals surface area contributed by atoms with Crippen LogP contribution in [0.4, 0.5) is 0 Å². The average Bonchev–Trinajstić information content (AvgIpc) is 2.80. The molecule has 0 radical (unpaired) electrons. The van der Waals surface area contributed by atoms with Crippen LogP contribution in [0.1, 0.15) is 52.9 Å². The Kier molecular flexibility index (Phi) is 11.4. The van der Waals surface area contributed by atoms with Gasteiger partial charge in [-0.05, 0) is 24.8 Å². The van der Waals surface area contributed by atoms with Gasteiger partial charge in [-0.25, -0.2) is 0 Å². The molecule has 0 saturated carbocycles. The van der Waals surface area contributed by atoms with Gasteiger partial charge >= 0.3 is 0 Å². The summed E-state index contributed by atoms with van der Waals surface area (Å²) in [4.78, 5) is 0. The van der Waals surface area contributed by atoms with Crippen molar-refractivity contribution in [2.24, 2.45) is 0 Å². The summed E-state index contributed by atoms with van der Waals surface area (Å²) in [5.41, 5.74) is 1.26. The first-order valence-corrected chi connectivity index (χ1v) is 7.18. The molecule has 1 heterocycles. The second-order valence-electron chi connectivity index (χ2n) is 4.47. The van der Waals surface area contributed by atoms with E-state index in [2.05, 4.69) is 37.9 Å². The second kappa shape index (κ2) is 12.2. The maximum absolute atomic E-state index is 3.66. The standard InChI is InChI=1S/C10H13N.C7H16/c1-3-5-9-7-8-11-10(9)6-4-2;1-3-5-7-6-4-2/h3-8,10-11H,1H2,2H3;3-7H2,1-2H3/b6-4?,9-5-;. The van der Waals surface area contributed by atoms with Gasteiger partial charge < -0.3 is 5.32 Å². The van der Waals surface area contributed by atoms with Crippen molar-refractivity contribution in [1.29, 1.82) is 0 Å². The van der Waals surface area contributed by atoms with Crippen LogP contribution in [0, 0.1) is 0 Å². The van der Waals surface area contributed by atoms with Crippen molar-refractivity contribution in [2.75, 3.05) is 0 Å². The predicted octanol–water partition coefficient (Wildman–Crippen LogP) is 5.14. The Morgan fingerprint density at radius 3 is 2.39 bits per heavy atom. The van der Waals surface area contributed by atoms with E-state index in [-0.39, 0.29) is 0 Å². The van der Waals surface area contributed by atoms with Gasteiger partial charge in [-0.2, -0.15) is 0 Å². The number of nitrogens with one attached hydrogen (secondary N) is 1. The van der Waals surface area contributed by atoms with Crippen LogP contribution in [0.25, 0.3) is 0 Å². The lowest BCUT2D eigenvalue weighted by molar-refractivity contribution is 0.656. The molecule has 0 fully saturated rings. The Labute approximate surface area is 113 Å². The molecule has 0 saturated heterocycles. The fraction of sp³-hybridized carbons (Fsp3) is 0.529. The topological polar surface area (TPSA) is 12.0 Å². The highest BCUT2D eigenvalue weighted by atomic mass is 14.9. The molecule has 1 atom stereocenters. The van der Waals surface area contributed by atoms with Gasteiger partial charge in [0.05, 0.1) is 6.04 Å². The number of unbranched alkanes of at least 4 members (excludes halogenated alkanes) is 4. The van der Waals surface area contributed by atoms with E-state index < -0.39 is 0 Å². The molecule has 1 aliphatic heterocycles. The van der Waals surface area contributed by atoms with E-state index in [1.165, 1.54) is 37.7 Å². The molecule has 18 heavy (non-hydrogen) atoms. The maximum Gasteiger partial charge on any atom is 0.0693 e. The van der Waals surface area contributed by atoms with Crippen LogP contribution >= 0.6 is 0 Å². The first kappa shape index (κ1) is 16.8. The molecule has 1 rings (SSSR count). The number of hydrogen-bond donors (Lipinski definition) is 1. The van der Waals surface area contributed by atoms with Gasteiger partial charge in [0.1, 0.15) is 0 Å². The Morgan fingerprint density at radius 1 is 1.22 bits per heavy atom. The maximum atomic E-state index is 3.66. The monoisotopic (exact) mass is 247 g/mol. The summed E-state index contributed by atoms with van der Waals surface area (Å²) in [7, 11) is 0. The van der Waals surface area contributed by atoms with Crippen LogP contribution in [0.5, 0.6) is 0 Å². The van der Waals surface area contributed by atoms with Gasteiger partial charge in [0.2, 0.25) is 0 Å². The second-order valence-corrected chi connectivity index (χ2v) is 4.47. The Bertz CT molecular complexity index is 280. The van der Waals surface area contributed by atoms with E-state index in [4.69, 9.17) is 0 Å². The molecule has 1 nitrogen and oxygen atoms in total. The van der Waals surface area contributed by atoms with Crippen molar-refractivity contribution in [2.45, 2.75) is 58.9 Å². The Hall–Kier alpha value is -1.24. The first-order valence-electron chi connectivity index (χ1n) is 7.18. The van der Waals surface area contributed by atoms with Gasteiger partial charge in [0, 0.05) is 0 Å². The zero-order valence-corrected chi connectivity index (χ0v) is 12.3. The molecular formula is C17H29N. The number of rotatable bonds is 6. The van der Waals surface area contributed by atoms with E-state index in [0.29, 0.717) is 6.04 Å². The van der Waals surface area contributed by atoms with Crippen molar-refractivity contribution in [1.82, 2.24) is 5.32 Å². The van der Waals surface area contributed by atoms with Gasteiger partial charge in [0.25, 0.3) is 0 Å². The number of allylic oxidation sites excluding steroid dienone is 3. The van der Waals surface area contributed by atoms with Crippen LogP contribution in [-0.4, -0.2) is 6.04 Å². The minimum absolute atomic E-state index is 0.345. The molecule has 1 aliphatic rings. The first-order chi connectivity index (χ1) is 8.79. The third-order valence-corrected chi connectivity index (χ3v) is 2.81. The average molecular weight is 247 g/mol. The van der Waals surface area contributed by atoms with Gasteiger partial charge in [0.15, 0.2) is 0 Å². The molecule has 1 unspecified atom stereocenters. The largest absolute Gasteiger partial charge is 0.381 e. The van der Waals surface area contributed by atoms with E-state index in [1.54, 1.807) is 0 Å². The minimum atomic E-state index is 0.345. The summed E-state index contributed by atoms with van der Waals surface area (Å²) in [6.45, 7) is 10.2. The molecule has 0 aromatic rings. The molecule has 1 heteroatoms. The van der Waals surface area contributed by atoms with Crippen LogP contribution in [0.3, 0.4) is 0 Å². The minimum Gasteiger partial charge on any atom is -0.381 e. The molecule has 0 aliphatic carbocycles. The summed E-state index contributed by atoms with van der Waals surface area (Å²) in [6, 6.07) is 0.345. The van der Waals surface area contributed by atoms with Gasteiger partial charge in [-0.1, -0.05) is 76.8 Å². The van der Waals surface area contributed by atoms with Crippen molar-refractivity contribution < 1.29 is 0 Å². The van der Waals surface area contributed by atoms with Gasteiger partial charge in [-0.3, -0.25) is 0 Å². The Morgan fingerprint density at radius 2 is 1.89 bits per heavy atom. The highest BCUT2D eigenvalue weighted by Gasteiger charge is 2.09. The van der Waals surface area contributed by atoms with Crippen LogP contribution < -0.4 is 5.32 Å². The lowest BCUT2D eigenvalue weighted by Gasteiger charge is -2.06. The molecule has 102 valence electrons. The fourth-order valence-electron chi connectivity index (χ4n) is 1.78. The molecular weight excluding hydrogens is 218 g/mol. The highest BCUT2D eigenvalue weighted by molar-refractivity contribution is 5.36. The molecule has 0 bridgehead atoms. The number of hydrogen-bond acceptors (Lipinski definition) is 1. The zero-order chi connectivity index (χ0) is 13.6. The Balaban J connectivity index is 0.000000360. The normalized spacial score (nSPS) is 19.7. The highest BCUT2D eigenvalue weighted by Crippen LogP contribution is 2.11. The summed E-state index contributed by atoms with van der Waals surface area (Å²) < 4.78 is 0. The smallest absolute Gasteiger partial charge is 0.0693 e. The quantitative estimate of drug-likeness (QED) is 0.506. The molecule has 0 amide bonds. The summed E-state index contributed by atoms with van der Waals surface area (Å²) >= 11 is 0. The third-order valence-electron chi connectivity index (χ3n) is 2.81. The van der Waals surface area contributed by atoms with Crippen molar-refractivity contribution in [3.8, 4) is 0 Å². The molecule has 0 aromatic heterocycles. The van der Waals surface area contributed by atoms with E-state index in [1.807, 2.05) is 31.4 Å². The van der Waals surface area contributed by atoms with E-state index in [9.17, 15) is 0 Å². The fourth-order valence-corrected chi connectivity index (χ4v) is 1.78. The summed E-state index contributed by atoms with van der Waals surface area (Å²) in [5, 5.41) is 3.21. The lowest BCUT2D eigenvalue weighted by Crippen LogP contribution is -2.17. The third kappa shape index (κ3) is 7.94. The van der Waals surface area contributed by atoms with Crippen LogP contribution in [0.2, 0.25) is 0 Å². The van der Waals surface area contributed by atoms with Crippen molar-refractivity contribution in [3.05, 3.63) is 48.7 Å². The van der Waals surface area contributed by atoms with Crippen LogP contribution in [-0.2, 0) is 0 Å². The zero-order valence-electron chi connectivity index (χ0n) is 12.3. The SMILES string of the molecule is C=C/C=C1/C=CNC1C=CC.CCCCCCC. The van der Waals surface area contributed by atoms with E-state index in [0.717, 1.165) is 0 Å². The molecule has 0 spiro atoms. The van der Waals surface area contributed by atoms with Crippen molar-refractivity contribution in [3.63, 3.8) is 0 Å².